The molecule has 3 unspecified atom stereocenters. The van der Waals surface area contributed by atoms with Crippen molar-refractivity contribution in [1.29, 1.82) is 0 Å². The largest absolute Gasteiger partial charge is 0.466 e. The van der Waals surface area contributed by atoms with Crippen LogP contribution in [0.3, 0.4) is 0 Å². The number of carbonyl (C=O) groups excluding carboxylic acids is 1. The van der Waals surface area contributed by atoms with Crippen LogP contribution in [0.15, 0.2) is 0 Å². The molecule has 0 saturated carbocycles. The molecule has 1 N–H and O–H groups in total. The predicted octanol–water partition coefficient (Wildman–Crippen LogP) is 3.15. The summed E-state index contributed by atoms with van der Waals surface area (Å²) in [5.74, 6) is -0.243. The molecule has 0 aromatic rings. The van der Waals surface area contributed by atoms with Gasteiger partial charge in [-0.1, -0.05) is 34.1 Å². The number of hydrogen-bond donors (Lipinski definition) is 1. The number of ether oxygens (including phenoxy) is 1. The summed E-state index contributed by atoms with van der Waals surface area (Å²) < 4.78 is 5.06. The van der Waals surface area contributed by atoms with Crippen molar-refractivity contribution in [3.63, 3.8) is 0 Å². The third-order valence-electron chi connectivity index (χ3n) is 3.64. The molecule has 0 spiro atoms. The molecule has 0 aliphatic rings. The van der Waals surface area contributed by atoms with Gasteiger partial charge < -0.3 is 9.84 Å². The smallest absolute Gasteiger partial charge is 0.311 e. The average Bonchev–Trinajstić information content (AvgIpc) is 2.30. The first-order chi connectivity index (χ1) is 7.95. The van der Waals surface area contributed by atoms with Gasteiger partial charge in [0.05, 0.1) is 18.1 Å². The molecule has 0 amide bonds. The SMILES string of the molecule is CCOC(=O)C(CC)C(O)(CC)CC(C)CC. The van der Waals surface area contributed by atoms with Crippen LogP contribution < -0.4 is 0 Å². The van der Waals surface area contributed by atoms with Crippen LogP contribution >= 0.6 is 0 Å². The third kappa shape index (κ3) is 4.66. The van der Waals surface area contributed by atoms with Gasteiger partial charge in [0.25, 0.3) is 0 Å². The molecule has 3 heteroatoms. The highest BCUT2D eigenvalue weighted by atomic mass is 16.5. The van der Waals surface area contributed by atoms with E-state index in [1.807, 2.05) is 13.8 Å². The molecule has 3 nitrogen and oxygen atoms in total. The van der Waals surface area contributed by atoms with Crippen LogP contribution in [0.4, 0.5) is 0 Å². The second kappa shape index (κ2) is 7.70. The van der Waals surface area contributed by atoms with Crippen LogP contribution in [-0.2, 0) is 9.53 Å². The highest BCUT2D eigenvalue weighted by Crippen LogP contribution is 2.33. The Hall–Kier alpha value is -0.570. The van der Waals surface area contributed by atoms with Crippen molar-refractivity contribution in [1.82, 2.24) is 0 Å². The Balaban J connectivity index is 4.82. The second-order valence-corrected chi connectivity index (χ2v) is 4.89. The van der Waals surface area contributed by atoms with E-state index in [4.69, 9.17) is 4.74 Å². The minimum atomic E-state index is -0.920. The van der Waals surface area contributed by atoms with Crippen LogP contribution in [0.2, 0.25) is 0 Å². The summed E-state index contributed by atoms with van der Waals surface area (Å²) in [5, 5.41) is 10.7. The lowest BCUT2D eigenvalue weighted by molar-refractivity contribution is -0.160. The minimum Gasteiger partial charge on any atom is -0.466 e. The van der Waals surface area contributed by atoms with E-state index in [1.165, 1.54) is 0 Å². The van der Waals surface area contributed by atoms with E-state index >= 15 is 0 Å². The second-order valence-electron chi connectivity index (χ2n) is 4.89. The van der Waals surface area contributed by atoms with E-state index in [9.17, 15) is 9.90 Å². The zero-order chi connectivity index (χ0) is 13.5. The van der Waals surface area contributed by atoms with Gasteiger partial charge in [-0.25, -0.2) is 0 Å². The van der Waals surface area contributed by atoms with E-state index in [0.717, 1.165) is 6.42 Å². The zero-order valence-electron chi connectivity index (χ0n) is 12.0. The monoisotopic (exact) mass is 244 g/mol. The van der Waals surface area contributed by atoms with E-state index in [0.29, 0.717) is 31.8 Å². The molecule has 0 fully saturated rings. The van der Waals surface area contributed by atoms with Crippen molar-refractivity contribution < 1.29 is 14.6 Å². The van der Waals surface area contributed by atoms with Gasteiger partial charge in [0, 0.05) is 0 Å². The van der Waals surface area contributed by atoms with E-state index in [1.54, 1.807) is 6.92 Å². The molecule has 0 rings (SSSR count). The number of aliphatic hydroxyl groups is 1. The van der Waals surface area contributed by atoms with Gasteiger partial charge in [0.15, 0.2) is 0 Å². The Morgan fingerprint density at radius 1 is 1.24 bits per heavy atom. The summed E-state index contributed by atoms with van der Waals surface area (Å²) in [6.45, 7) is 10.2. The Bertz CT molecular complexity index is 228. The van der Waals surface area contributed by atoms with Gasteiger partial charge in [-0.15, -0.1) is 0 Å². The van der Waals surface area contributed by atoms with Gasteiger partial charge in [-0.2, -0.15) is 0 Å². The fourth-order valence-corrected chi connectivity index (χ4v) is 2.29. The number of hydrogen-bond acceptors (Lipinski definition) is 3. The quantitative estimate of drug-likeness (QED) is 0.667. The first kappa shape index (κ1) is 16.4. The zero-order valence-corrected chi connectivity index (χ0v) is 12.0. The molecule has 0 saturated heterocycles. The Morgan fingerprint density at radius 2 is 1.82 bits per heavy atom. The predicted molar refractivity (Wildman–Crippen MR) is 69.7 cm³/mol. The molecule has 0 aromatic heterocycles. The maximum atomic E-state index is 11.9. The highest BCUT2D eigenvalue weighted by Gasteiger charge is 2.40. The molecule has 102 valence electrons. The number of esters is 1. The first-order valence-electron chi connectivity index (χ1n) is 6.84. The van der Waals surface area contributed by atoms with Crippen LogP contribution in [0.5, 0.6) is 0 Å². The molecule has 0 heterocycles. The number of carbonyl (C=O) groups is 1. The van der Waals surface area contributed by atoms with Gasteiger partial charge in [-0.05, 0) is 32.1 Å². The normalized spacial score (nSPS) is 18.2. The summed E-state index contributed by atoms with van der Waals surface area (Å²) in [7, 11) is 0. The van der Waals surface area contributed by atoms with Gasteiger partial charge in [0.2, 0.25) is 0 Å². The van der Waals surface area contributed by atoms with Crippen LogP contribution in [0.1, 0.15) is 60.3 Å². The molecular weight excluding hydrogens is 216 g/mol. The third-order valence-corrected chi connectivity index (χ3v) is 3.64. The van der Waals surface area contributed by atoms with Crippen molar-refractivity contribution in [3.8, 4) is 0 Å². The first-order valence-corrected chi connectivity index (χ1v) is 6.84. The molecule has 0 aromatic carbocycles. The summed E-state index contributed by atoms with van der Waals surface area (Å²) in [6.07, 6.45) is 2.90. The number of rotatable bonds is 8. The van der Waals surface area contributed by atoms with Crippen molar-refractivity contribution in [2.24, 2.45) is 11.8 Å². The van der Waals surface area contributed by atoms with E-state index in [-0.39, 0.29) is 5.97 Å². The fourth-order valence-electron chi connectivity index (χ4n) is 2.29. The lowest BCUT2D eigenvalue weighted by atomic mass is 9.77. The Labute approximate surface area is 106 Å². The van der Waals surface area contributed by atoms with Crippen LogP contribution in [0.25, 0.3) is 0 Å². The Morgan fingerprint density at radius 3 is 2.18 bits per heavy atom. The molecule has 0 radical (unpaired) electrons. The molecule has 3 atom stereocenters. The summed E-state index contributed by atoms with van der Waals surface area (Å²) in [6, 6.07) is 0. The molecule has 0 aliphatic heterocycles. The van der Waals surface area contributed by atoms with Crippen molar-refractivity contribution in [3.05, 3.63) is 0 Å². The van der Waals surface area contributed by atoms with Crippen molar-refractivity contribution >= 4 is 5.97 Å². The average molecular weight is 244 g/mol. The standard InChI is InChI=1S/C14H28O3/c1-6-11(5)10-14(16,8-3)12(7-2)13(15)17-9-4/h11-12,16H,6-10H2,1-5H3. The summed E-state index contributed by atoms with van der Waals surface area (Å²) in [4.78, 5) is 11.9. The molecular formula is C14H28O3. The topological polar surface area (TPSA) is 46.5 Å². The highest BCUT2D eigenvalue weighted by molar-refractivity contribution is 5.73. The molecule has 0 aliphatic carbocycles. The molecule has 17 heavy (non-hydrogen) atoms. The lowest BCUT2D eigenvalue weighted by Gasteiger charge is -2.35. The van der Waals surface area contributed by atoms with E-state index in [2.05, 4.69) is 13.8 Å². The minimum absolute atomic E-state index is 0.261. The van der Waals surface area contributed by atoms with Gasteiger partial charge in [-0.3, -0.25) is 4.79 Å². The van der Waals surface area contributed by atoms with Gasteiger partial charge >= 0.3 is 5.97 Å². The molecule has 0 bridgehead atoms. The Kier molecular flexibility index (Phi) is 7.44. The lowest BCUT2D eigenvalue weighted by Crippen LogP contribution is -2.43. The van der Waals surface area contributed by atoms with E-state index < -0.39 is 11.5 Å². The maximum absolute atomic E-state index is 11.9. The van der Waals surface area contributed by atoms with Gasteiger partial charge in [0.1, 0.15) is 0 Å². The van der Waals surface area contributed by atoms with Crippen LogP contribution in [0, 0.1) is 11.8 Å². The summed E-state index contributed by atoms with van der Waals surface area (Å²) >= 11 is 0. The fraction of sp³-hybridized carbons (Fsp3) is 0.929. The maximum Gasteiger partial charge on any atom is 0.311 e. The summed E-state index contributed by atoms with van der Waals surface area (Å²) in [5.41, 5.74) is -0.920. The van der Waals surface area contributed by atoms with Crippen molar-refractivity contribution in [2.45, 2.75) is 65.9 Å². The van der Waals surface area contributed by atoms with Crippen LogP contribution in [-0.4, -0.2) is 23.3 Å². The van der Waals surface area contributed by atoms with Crippen molar-refractivity contribution in [2.75, 3.05) is 6.61 Å².